The SMILES string of the molecule is CCc1nn(CC)nc1C(C)C. The number of aromatic nitrogens is 3. The summed E-state index contributed by atoms with van der Waals surface area (Å²) < 4.78 is 0. The van der Waals surface area contributed by atoms with E-state index in [2.05, 4.69) is 37.9 Å². The quantitative estimate of drug-likeness (QED) is 0.689. The van der Waals surface area contributed by atoms with Crippen LogP contribution in [0.1, 0.15) is 45.0 Å². The van der Waals surface area contributed by atoms with Crippen LogP contribution in [0.2, 0.25) is 0 Å². The molecule has 0 amide bonds. The molecule has 0 bridgehead atoms. The second-order valence-corrected chi connectivity index (χ2v) is 3.23. The normalized spacial score (nSPS) is 11.1. The summed E-state index contributed by atoms with van der Waals surface area (Å²) in [6, 6.07) is 0. The van der Waals surface area contributed by atoms with Crippen LogP contribution in [0.15, 0.2) is 0 Å². The highest BCUT2D eigenvalue weighted by Crippen LogP contribution is 2.15. The summed E-state index contributed by atoms with van der Waals surface area (Å²) in [5.41, 5.74) is 2.30. The number of nitrogens with zero attached hydrogens (tertiary/aromatic N) is 3. The summed E-state index contributed by atoms with van der Waals surface area (Å²) in [7, 11) is 0. The van der Waals surface area contributed by atoms with Crippen molar-refractivity contribution in [2.24, 2.45) is 0 Å². The van der Waals surface area contributed by atoms with E-state index in [4.69, 9.17) is 0 Å². The van der Waals surface area contributed by atoms with Crippen molar-refractivity contribution in [2.75, 3.05) is 0 Å². The molecule has 0 saturated carbocycles. The highest BCUT2D eigenvalue weighted by Gasteiger charge is 2.11. The fraction of sp³-hybridized carbons (Fsp3) is 0.778. The highest BCUT2D eigenvalue weighted by molar-refractivity contribution is 5.12. The maximum Gasteiger partial charge on any atom is 0.0884 e. The first-order valence-electron chi connectivity index (χ1n) is 4.62. The Bertz CT molecular complexity index is 250. The van der Waals surface area contributed by atoms with E-state index in [9.17, 15) is 0 Å². The molecule has 0 saturated heterocycles. The molecular formula is C9H17N3. The summed E-state index contributed by atoms with van der Waals surface area (Å²) >= 11 is 0. The smallest absolute Gasteiger partial charge is 0.0884 e. The van der Waals surface area contributed by atoms with Crippen LogP contribution < -0.4 is 0 Å². The zero-order chi connectivity index (χ0) is 9.14. The molecule has 0 spiro atoms. The van der Waals surface area contributed by atoms with Crippen LogP contribution in [-0.2, 0) is 13.0 Å². The van der Waals surface area contributed by atoms with Gasteiger partial charge in [-0.3, -0.25) is 0 Å². The van der Waals surface area contributed by atoms with Gasteiger partial charge in [-0.05, 0) is 19.3 Å². The summed E-state index contributed by atoms with van der Waals surface area (Å²) in [5.74, 6) is 0.486. The molecule has 0 aliphatic carbocycles. The van der Waals surface area contributed by atoms with Crippen molar-refractivity contribution in [3.8, 4) is 0 Å². The molecule has 0 atom stereocenters. The van der Waals surface area contributed by atoms with Gasteiger partial charge in [0.1, 0.15) is 0 Å². The molecule has 0 aliphatic rings. The third kappa shape index (κ3) is 1.65. The summed E-state index contributed by atoms with van der Waals surface area (Å²) in [6.07, 6.45) is 0.980. The Kier molecular flexibility index (Phi) is 2.84. The lowest BCUT2D eigenvalue weighted by Crippen LogP contribution is -1.99. The van der Waals surface area contributed by atoms with Gasteiger partial charge in [-0.15, -0.1) is 0 Å². The van der Waals surface area contributed by atoms with Gasteiger partial charge >= 0.3 is 0 Å². The lowest BCUT2D eigenvalue weighted by Gasteiger charge is -1.99. The third-order valence-electron chi connectivity index (χ3n) is 1.92. The van der Waals surface area contributed by atoms with Crippen LogP contribution in [0, 0.1) is 0 Å². The lowest BCUT2D eigenvalue weighted by molar-refractivity contribution is 0.557. The Hall–Kier alpha value is -0.860. The topological polar surface area (TPSA) is 30.7 Å². The minimum absolute atomic E-state index is 0.486. The molecule has 1 rings (SSSR count). The fourth-order valence-corrected chi connectivity index (χ4v) is 1.24. The van der Waals surface area contributed by atoms with E-state index in [-0.39, 0.29) is 0 Å². The molecule has 0 fully saturated rings. The van der Waals surface area contributed by atoms with Crippen LogP contribution in [0.5, 0.6) is 0 Å². The van der Waals surface area contributed by atoms with Crippen LogP contribution in [0.4, 0.5) is 0 Å². The van der Waals surface area contributed by atoms with Crippen molar-refractivity contribution in [2.45, 2.75) is 46.6 Å². The molecule has 0 aliphatic heterocycles. The van der Waals surface area contributed by atoms with Gasteiger partial charge in [-0.2, -0.15) is 15.0 Å². The summed E-state index contributed by atoms with van der Waals surface area (Å²) in [4.78, 5) is 1.77. The molecule has 0 unspecified atom stereocenters. The van der Waals surface area contributed by atoms with Crippen molar-refractivity contribution < 1.29 is 0 Å². The third-order valence-corrected chi connectivity index (χ3v) is 1.92. The molecule has 1 aromatic rings. The molecule has 3 nitrogen and oxygen atoms in total. The molecular weight excluding hydrogens is 150 g/mol. The average molecular weight is 167 g/mol. The molecule has 0 aromatic carbocycles. The van der Waals surface area contributed by atoms with Gasteiger partial charge in [0, 0.05) is 0 Å². The minimum Gasteiger partial charge on any atom is -0.185 e. The summed E-state index contributed by atoms with van der Waals surface area (Å²) in [6.45, 7) is 9.35. The lowest BCUT2D eigenvalue weighted by atomic mass is 10.1. The van der Waals surface area contributed by atoms with Gasteiger partial charge in [0.05, 0.1) is 17.9 Å². The molecule has 1 aromatic heterocycles. The van der Waals surface area contributed by atoms with Crippen molar-refractivity contribution >= 4 is 0 Å². The Balaban J connectivity index is 3.00. The zero-order valence-corrected chi connectivity index (χ0v) is 8.33. The van der Waals surface area contributed by atoms with Gasteiger partial charge < -0.3 is 0 Å². The maximum atomic E-state index is 4.40. The molecule has 12 heavy (non-hydrogen) atoms. The molecule has 1 heterocycles. The average Bonchev–Trinajstić information content (AvgIpc) is 2.47. The van der Waals surface area contributed by atoms with Crippen molar-refractivity contribution in [1.29, 1.82) is 0 Å². The number of rotatable bonds is 3. The van der Waals surface area contributed by atoms with E-state index >= 15 is 0 Å². The number of hydrogen-bond donors (Lipinski definition) is 0. The van der Waals surface area contributed by atoms with Crippen LogP contribution in [0.25, 0.3) is 0 Å². The van der Waals surface area contributed by atoms with E-state index in [1.165, 1.54) is 0 Å². The molecule has 3 heteroatoms. The first-order valence-corrected chi connectivity index (χ1v) is 4.62. The maximum absolute atomic E-state index is 4.40. The monoisotopic (exact) mass is 167 g/mol. The Morgan fingerprint density at radius 3 is 2.25 bits per heavy atom. The van der Waals surface area contributed by atoms with E-state index < -0.39 is 0 Å². The molecule has 0 radical (unpaired) electrons. The van der Waals surface area contributed by atoms with Gasteiger partial charge in [-0.1, -0.05) is 20.8 Å². The van der Waals surface area contributed by atoms with Gasteiger partial charge in [0.15, 0.2) is 0 Å². The van der Waals surface area contributed by atoms with Crippen LogP contribution in [0.3, 0.4) is 0 Å². The zero-order valence-electron chi connectivity index (χ0n) is 8.33. The van der Waals surface area contributed by atoms with Crippen LogP contribution >= 0.6 is 0 Å². The van der Waals surface area contributed by atoms with Gasteiger partial charge in [-0.25, -0.2) is 0 Å². The Morgan fingerprint density at radius 1 is 1.25 bits per heavy atom. The van der Waals surface area contributed by atoms with Crippen LogP contribution in [-0.4, -0.2) is 15.0 Å². The van der Waals surface area contributed by atoms with Crippen molar-refractivity contribution in [3.63, 3.8) is 0 Å². The molecule has 0 N–H and O–H groups in total. The fourth-order valence-electron chi connectivity index (χ4n) is 1.24. The van der Waals surface area contributed by atoms with Gasteiger partial charge in [0.25, 0.3) is 0 Å². The first kappa shape index (κ1) is 9.23. The van der Waals surface area contributed by atoms with Crippen molar-refractivity contribution in [3.05, 3.63) is 11.4 Å². The Morgan fingerprint density at radius 2 is 1.92 bits per heavy atom. The highest BCUT2D eigenvalue weighted by atomic mass is 15.5. The predicted octanol–water partition coefficient (Wildman–Crippen LogP) is 1.98. The van der Waals surface area contributed by atoms with Gasteiger partial charge in [0.2, 0.25) is 0 Å². The predicted molar refractivity (Wildman–Crippen MR) is 49.2 cm³/mol. The number of aryl methyl sites for hydroxylation is 2. The number of hydrogen-bond acceptors (Lipinski definition) is 2. The standard InChI is InChI=1S/C9H17N3/c1-5-8-9(7(3)4)11-12(6-2)10-8/h7H,5-6H2,1-4H3. The van der Waals surface area contributed by atoms with E-state index in [0.717, 1.165) is 24.4 Å². The van der Waals surface area contributed by atoms with Crippen molar-refractivity contribution in [1.82, 2.24) is 15.0 Å². The van der Waals surface area contributed by atoms with E-state index in [1.54, 1.807) is 4.80 Å². The minimum atomic E-state index is 0.486. The van der Waals surface area contributed by atoms with E-state index in [0.29, 0.717) is 5.92 Å². The first-order chi connectivity index (χ1) is 5.69. The van der Waals surface area contributed by atoms with E-state index in [1.807, 2.05) is 0 Å². The second kappa shape index (κ2) is 3.70. The second-order valence-electron chi connectivity index (χ2n) is 3.23. The molecule has 68 valence electrons. The Labute approximate surface area is 73.8 Å². The summed E-state index contributed by atoms with van der Waals surface area (Å²) in [5, 5.41) is 8.78. The largest absolute Gasteiger partial charge is 0.185 e.